The second kappa shape index (κ2) is 6.71. The van der Waals surface area contributed by atoms with Crippen molar-refractivity contribution < 1.29 is 5.11 Å². The van der Waals surface area contributed by atoms with Crippen LogP contribution in [0.5, 0.6) is 0 Å². The van der Waals surface area contributed by atoms with E-state index in [2.05, 4.69) is 4.90 Å². The minimum atomic E-state index is -0.250. The molecule has 3 N–H and O–H groups in total. The number of benzene rings is 1. The van der Waals surface area contributed by atoms with Crippen LogP contribution < -0.4 is 5.73 Å². The molecule has 4 heteroatoms. The van der Waals surface area contributed by atoms with Gasteiger partial charge in [-0.1, -0.05) is 36.7 Å². The molecule has 0 spiro atoms. The van der Waals surface area contributed by atoms with Crippen molar-refractivity contribution in [1.29, 1.82) is 0 Å². The van der Waals surface area contributed by atoms with Gasteiger partial charge in [0.2, 0.25) is 0 Å². The fraction of sp³-hybridized carbons (Fsp3) is 0.600. The fourth-order valence-corrected chi connectivity index (χ4v) is 3.08. The smallest absolute Gasteiger partial charge is 0.0578 e. The lowest BCUT2D eigenvalue weighted by Gasteiger charge is -2.38. The van der Waals surface area contributed by atoms with E-state index in [0.717, 1.165) is 43.1 Å². The summed E-state index contributed by atoms with van der Waals surface area (Å²) in [6, 6.07) is 8.05. The van der Waals surface area contributed by atoms with E-state index in [1.54, 1.807) is 0 Å². The molecule has 0 radical (unpaired) electrons. The molecule has 0 saturated carbocycles. The Hall–Kier alpha value is -0.610. The first kappa shape index (κ1) is 14.8. The van der Waals surface area contributed by atoms with Crippen molar-refractivity contribution in [2.75, 3.05) is 13.1 Å². The Balaban J connectivity index is 2.02. The molecule has 1 saturated heterocycles. The maximum Gasteiger partial charge on any atom is 0.0578 e. The van der Waals surface area contributed by atoms with Crippen LogP contribution in [-0.2, 0) is 6.54 Å². The molecule has 1 aliphatic rings. The van der Waals surface area contributed by atoms with Crippen LogP contribution in [0.25, 0.3) is 0 Å². The molecule has 3 unspecified atom stereocenters. The van der Waals surface area contributed by atoms with E-state index < -0.39 is 0 Å². The van der Waals surface area contributed by atoms with E-state index in [4.69, 9.17) is 17.3 Å². The average molecular weight is 283 g/mol. The second-order valence-corrected chi connectivity index (χ2v) is 5.92. The van der Waals surface area contributed by atoms with E-state index in [-0.39, 0.29) is 18.1 Å². The third-order valence-electron chi connectivity index (χ3n) is 3.91. The number of nitrogens with zero attached hydrogens (tertiary/aromatic N) is 1. The van der Waals surface area contributed by atoms with Crippen molar-refractivity contribution in [1.82, 2.24) is 4.90 Å². The van der Waals surface area contributed by atoms with Gasteiger partial charge in [-0.25, -0.2) is 0 Å². The quantitative estimate of drug-likeness (QED) is 0.891. The average Bonchev–Trinajstić information content (AvgIpc) is 2.40. The lowest BCUT2D eigenvalue weighted by atomic mass is 9.88. The van der Waals surface area contributed by atoms with Crippen LogP contribution in [-0.4, -0.2) is 35.2 Å². The van der Waals surface area contributed by atoms with Crippen LogP contribution >= 0.6 is 11.6 Å². The van der Waals surface area contributed by atoms with E-state index in [9.17, 15) is 5.11 Å². The van der Waals surface area contributed by atoms with Gasteiger partial charge in [0.25, 0.3) is 0 Å². The number of nitrogens with two attached hydrogens (primary N) is 1. The van der Waals surface area contributed by atoms with Gasteiger partial charge in [-0.05, 0) is 30.4 Å². The molecule has 106 valence electrons. The zero-order valence-electron chi connectivity index (χ0n) is 11.4. The molecule has 19 heavy (non-hydrogen) atoms. The van der Waals surface area contributed by atoms with Crippen molar-refractivity contribution >= 4 is 11.6 Å². The Kier molecular flexibility index (Phi) is 5.22. The number of hydrogen-bond acceptors (Lipinski definition) is 3. The zero-order chi connectivity index (χ0) is 13.8. The van der Waals surface area contributed by atoms with Crippen LogP contribution in [0.15, 0.2) is 24.3 Å². The largest absolute Gasteiger partial charge is 0.393 e. The van der Waals surface area contributed by atoms with Crippen molar-refractivity contribution in [3.8, 4) is 0 Å². The predicted molar refractivity (Wildman–Crippen MR) is 79.1 cm³/mol. The lowest BCUT2D eigenvalue weighted by molar-refractivity contribution is 0.0388. The Morgan fingerprint density at radius 3 is 2.84 bits per heavy atom. The van der Waals surface area contributed by atoms with Gasteiger partial charge in [-0.3, -0.25) is 4.90 Å². The number of likely N-dealkylation sites (tertiary alicyclic amines) is 1. The molecule has 0 aromatic heterocycles. The van der Waals surface area contributed by atoms with Crippen molar-refractivity contribution in [2.45, 2.75) is 38.5 Å². The van der Waals surface area contributed by atoms with Gasteiger partial charge in [0.05, 0.1) is 6.10 Å². The molecule has 1 aromatic rings. The van der Waals surface area contributed by atoms with Crippen LogP contribution in [0, 0.1) is 5.92 Å². The highest BCUT2D eigenvalue weighted by Gasteiger charge is 2.29. The van der Waals surface area contributed by atoms with Crippen molar-refractivity contribution in [3.05, 3.63) is 34.9 Å². The summed E-state index contributed by atoms with van der Waals surface area (Å²) < 4.78 is 0. The van der Waals surface area contributed by atoms with Gasteiger partial charge in [0.1, 0.15) is 0 Å². The van der Waals surface area contributed by atoms with Crippen LogP contribution in [0.3, 0.4) is 0 Å². The third-order valence-corrected chi connectivity index (χ3v) is 4.27. The van der Waals surface area contributed by atoms with Crippen LogP contribution in [0.4, 0.5) is 0 Å². The molecular formula is C15H23ClN2O. The summed E-state index contributed by atoms with van der Waals surface area (Å²) in [5, 5.41) is 10.8. The van der Waals surface area contributed by atoms with Crippen molar-refractivity contribution in [3.63, 3.8) is 0 Å². The topological polar surface area (TPSA) is 49.5 Å². The molecule has 2 rings (SSSR count). The van der Waals surface area contributed by atoms with Gasteiger partial charge >= 0.3 is 0 Å². The number of piperidine rings is 1. The van der Waals surface area contributed by atoms with Gasteiger partial charge in [-0.15, -0.1) is 0 Å². The Morgan fingerprint density at radius 1 is 1.42 bits per heavy atom. The Morgan fingerprint density at radius 2 is 2.16 bits per heavy atom. The molecule has 0 amide bonds. The highest BCUT2D eigenvalue weighted by atomic mass is 35.5. The lowest BCUT2D eigenvalue weighted by Crippen LogP contribution is -2.49. The summed E-state index contributed by atoms with van der Waals surface area (Å²) in [4.78, 5) is 2.30. The first-order valence-corrected chi connectivity index (χ1v) is 7.37. The highest BCUT2D eigenvalue weighted by molar-refractivity contribution is 6.31. The summed E-state index contributed by atoms with van der Waals surface area (Å²) in [6.07, 6.45) is 1.45. The van der Waals surface area contributed by atoms with Gasteiger partial charge in [0, 0.05) is 30.7 Å². The molecule has 0 aliphatic carbocycles. The number of aliphatic hydroxyl groups is 1. The zero-order valence-corrected chi connectivity index (χ0v) is 12.2. The molecule has 3 nitrogen and oxygen atoms in total. The van der Waals surface area contributed by atoms with Gasteiger partial charge in [-0.2, -0.15) is 0 Å². The van der Waals surface area contributed by atoms with Crippen molar-refractivity contribution in [2.24, 2.45) is 11.7 Å². The second-order valence-electron chi connectivity index (χ2n) is 5.52. The Bertz CT molecular complexity index is 413. The van der Waals surface area contributed by atoms with E-state index in [1.165, 1.54) is 0 Å². The predicted octanol–water partition coefficient (Wildman–Crippen LogP) is 2.26. The first-order valence-electron chi connectivity index (χ1n) is 6.99. The van der Waals surface area contributed by atoms with E-state index >= 15 is 0 Å². The highest BCUT2D eigenvalue weighted by Crippen LogP contribution is 2.24. The maximum absolute atomic E-state index is 10.0. The molecule has 1 heterocycles. The summed E-state index contributed by atoms with van der Waals surface area (Å²) in [7, 11) is 0. The first-order chi connectivity index (χ1) is 9.10. The SMILES string of the molecule is CCC(O)C1CC(N)CN(Cc2ccccc2Cl)C1. The standard InChI is InChI=1S/C15H23ClN2O/c1-2-15(19)12-7-13(17)10-18(9-12)8-11-5-3-4-6-14(11)16/h3-6,12-13,15,19H,2,7-10,17H2,1H3. The Labute approximate surface area is 120 Å². The molecule has 0 bridgehead atoms. The number of hydrogen-bond donors (Lipinski definition) is 2. The van der Waals surface area contributed by atoms with Gasteiger partial charge < -0.3 is 10.8 Å². The van der Waals surface area contributed by atoms with E-state index in [1.807, 2.05) is 31.2 Å². The summed E-state index contributed by atoms with van der Waals surface area (Å²) in [5.41, 5.74) is 7.24. The molecule has 1 aliphatic heterocycles. The van der Waals surface area contributed by atoms with Crippen LogP contribution in [0.1, 0.15) is 25.3 Å². The normalized spacial score (nSPS) is 26.3. The van der Waals surface area contributed by atoms with Crippen LogP contribution in [0.2, 0.25) is 5.02 Å². The van der Waals surface area contributed by atoms with E-state index in [0.29, 0.717) is 0 Å². The number of rotatable bonds is 4. The maximum atomic E-state index is 10.0. The fourth-order valence-electron chi connectivity index (χ4n) is 2.88. The molecule has 1 fully saturated rings. The molecular weight excluding hydrogens is 260 g/mol. The van der Waals surface area contributed by atoms with Gasteiger partial charge in [0.15, 0.2) is 0 Å². The summed E-state index contributed by atoms with van der Waals surface area (Å²) in [6.45, 7) is 4.59. The summed E-state index contributed by atoms with van der Waals surface area (Å²) in [5.74, 6) is 0.274. The molecule has 3 atom stereocenters. The minimum absolute atomic E-state index is 0.141. The third kappa shape index (κ3) is 3.93. The minimum Gasteiger partial charge on any atom is -0.393 e. The number of halogens is 1. The summed E-state index contributed by atoms with van der Waals surface area (Å²) >= 11 is 6.20. The monoisotopic (exact) mass is 282 g/mol. The number of aliphatic hydroxyl groups excluding tert-OH is 1. The molecule has 1 aromatic carbocycles.